The van der Waals surface area contributed by atoms with Gasteiger partial charge in [0.05, 0.1) is 16.7 Å². The molecule has 0 amide bonds. The molecular weight excluding hydrogens is 362 g/mol. The first-order valence-corrected chi connectivity index (χ1v) is 11.2. The van der Waals surface area contributed by atoms with Crippen LogP contribution in [0.1, 0.15) is 35.6 Å². The predicted octanol–water partition coefficient (Wildman–Crippen LogP) is 1.59. The number of aromatic nitrogens is 3. The highest BCUT2D eigenvalue weighted by atomic mass is 32.2. The highest BCUT2D eigenvalue weighted by Gasteiger charge is 2.47. The Kier molecular flexibility index (Phi) is 4.12. The molecule has 27 heavy (non-hydrogen) atoms. The molecule has 2 aromatic rings. The first kappa shape index (κ1) is 17.1. The normalized spacial score (nSPS) is 26.4. The minimum absolute atomic E-state index is 0.0487. The van der Waals surface area contributed by atoms with Gasteiger partial charge >= 0.3 is 0 Å². The summed E-state index contributed by atoms with van der Waals surface area (Å²) in [7, 11) is -3.19. The predicted molar refractivity (Wildman–Crippen MR) is 102 cm³/mol. The van der Waals surface area contributed by atoms with Crippen LogP contribution in [0.2, 0.25) is 0 Å². The number of nitrogens with zero attached hydrogens (tertiary/aromatic N) is 4. The smallest absolute Gasteiger partial charge is 0.222 e. The molecule has 7 nitrogen and oxygen atoms in total. The van der Waals surface area contributed by atoms with E-state index in [1.165, 1.54) is 12.8 Å². The Morgan fingerprint density at radius 3 is 2.89 bits per heavy atom. The quantitative estimate of drug-likeness (QED) is 0.836. The van der Waals surface area contributed by atoms with Crippen molar-refractivity contribution in [2.45, 2.75) is 36.3 Å². The number of pyridine rings is 1. The van der Waals surface area contributed by atoms with Gasteiger partial charge in [-0.25, -0.2) is 18.4 Å². The summed E-state index contributed by atoms with van der Waals surface area (Å²) in [6.07, 6.45) is 7.83. The van der Waals surface area contributed by atoms with Crippen molar-refractivity contribution in [2.24, 2.45) is 5.92 Å². The number of rotatable bonds is 5. The molecule has 1 aliphatic carbocycles. The molecule has 3 aliphatic rings. The van der Waals surface area contributed by atoms with Crippen LogP contribution in [0.3, 0.4) is 0 Å². The standard InChI is InChI=1S/C19H23N5O2S/c25-27(26)12-15-8-22-19(21-7-13-3-4-13)23-18(15)16-10-24(11-17(16)27)9-14-2-1-5-20-6-14/h1-2,5-6,8,13,16-17H,3-4,7,9-12H2,(H,21,22,23)/t16-,17+/m1/s1. The molecule has 2 aromatic heterocycles. The van der Waals surface area contributed by atoms with Crippen molar-refractivity contribution in [2.75, 3.05) is 25.0 Å². The van der Waals surface area contributed by atoms with Gasteiger partial charge in [-0.3, -0.25) is 9.88 Å². The zero-order valence-corrected chi connectivity index (χ0v) is 15.9. The molecule has 2 fully saturated rings. The Morgan fingerprint density at radius 2 is 2.11 bits per heavy atom. The molecule has 0 unspecified atom stereocenters. The zero-order chi connectivity index (χ0) is 18.4. The van der Waals surface area contributed by atoms with Crippen molar-refractivity contribution in [1.82, 2.24) is 19.9 Å². The molecular formula is C19H23N5O2S. The SMILES string of the molecule is O=S1(=O)Cc2cnc(NCC3CC3)nc2[C@@H]2CN(Cc3cccnc3)C[C@@H]21. The van der Waals surface area contributed by atoms with Gasteiger partial charge in [-0.1, -0.05) is 6.07 Å². The number of sulfone groups is 1. The lowest BCUT2D eigenvalue weighted by Gasteiger charge is -2.26. The van der Waals surface area contributed by atoms with Crippen molar-refractivity contribution in [1.29, 1.82) is 0 Å². The van der Waals surface area contributed by atoms with Crippen LogP contribution in [-0.4, -0.2) is 53.2 Å². The summed E-state index contributed by atoms with van der Waals surface area (Å²) in [6, 6.07) is 3.94. The number of likely N-dealkylation sites (tertiary alicyclic amines) is 1. The summed E-state index contributed by atoms with van der Waals surface area (Å²) in [5.74, 6) is 1.33. The van der Waals surface area contributed by atoms with E-state index in [4.69, 9.17) is 4.98 Å². The van der Waals surface area contributed by atoms with Crippen LogP contribution in [0.25, 0.3) is 0 Å². The molecule has 1 saturated carbocycles. The van der Waals surface area contributed by atoms with E-state index in [1.54, 1.807) is 12.4 Å². The highest BCUT2D eigenvalue weighted by molar-refractivity contribution is 7.91. The van der Waals surface area contributed by atoms with E-state index in [1.807, 2.05) is 18.3 Å². The molecule has 8 heteroatoms. The van der Waals surface area contributed by atoms with E-state index in [0.29, 0.717) is 25.6 Å². The fourth-order valence-electron chi connectivity index (χ4n) is 4.18. The Morgan fingerprint density at radius 1 is 1.22 bits per heavy atom. The summed E-state index contributed by atoms with van der Waals surface area (Å²) >= 11 is 0. The number of fused-ring (bicyclic) bond motifs is 3. The van der Waals surface area contributed by atoms with Gasteiger partial charge in [-0.2, -0.15) is 0 Å². The van der Waals surface area contributed by atoms with E-state index in [9.17, 15) is 8.42 Å². The molecule has 0 radical (unpaired) electrons. The van der Waals surface area contributed by atoms with E-state index in [2.05, 4.69) is 20.2 Å². The van der Waals surface area contributed by atoms with Gasteiger partial charge in [-0.15, -0.1) is 0 Å². The lowest BCUT2D eigenvalue weighted by molar-refractivity contribution is 0.326. The number of anilines is 1. The third-order valence-electron chi connectivity index (χ3n) is 5.78. The first-order valence-electron chi connectivity index (χ1n) is 9.51. The van der Waals surface area contributed by atoms with Gasteiger partial charge in [-0.05, 0) is 30.4 Å². The van der Waals surface area contributed by atoms with Crippen molar-refractivity contribution in [3.05, 3.63) is 47.5 Å². The molecule has 0 bridgehead atoms. The Labute approximate surface area is 159 Å². The van der Waals surface area contributed by atoms with Gasteiger partial charge in [0.15, 0.2) is 9.84 Å². The molecule has 4 heterocycles. The molecule has 5 rings (SSSR count). The fraction of sp³-hybridized carbons (Fsp3) is 0.526. The molecule has 2 atom stereocenters. The molecule has 1 saturated heterocycles. The van der Waals surface area contributed by atoms with Crippen LogP contribution < -0.4 is 5.32 Å². The van der Waals surface area contributed by atoms with Crippen molar-refractivity contribution < 1.29 is 8.42 Å². The molecule has 0 aromatic carbocycles. The second-order valence-electron chi connectivity index (χ2n) is 7.94. The van der Waals surface area contributed by atoms with Crippen molar-refractivity contribution in [3.8, 4) is 0 Å². The lowest BCUT2D eigenvalue weighted by Crippen LogP contribution is -2.35. The molecule has 2 aliphatic heterocycles. The summed E-state index contributed by atoms with van der Waals surface area (Å²) in [5, 5.41) is 2.93. The minimum Gasteiger partial charge on any atom is -0.354 e. The monoisotopic (exact) mass is 385 g/mol. The lowest BCUT2D eigenvalue weighted by atomic mass is 10.00. The van der Waals surface area contributed by atoms with Crippen LogP contribution in [0, 0.1) is 5.92 Å². The number of hydrogen-bond acceptors (Lipinski definition) is 7. The van der Waals surface area contributed by atoms with Crippen LogP contribution in [0.15, 0.2) is 30.7 Å². The largest absolute Gasteiger partial charge is 0.354 e. The zero-order valence-electron chi connectivity index (χ0n) is 15.1. The van der Waals surface area contributed by atoms with E-state index >= 15 is 0 Å². The van der Waals surface area contributed by atoms with Crippen molar-refractivity contribution in [3.63, 3.8) is 0 Å². The fourth-order valence-corrected chi connectivity index (χ4v) is 6.20. The second-order valence-corrected chi connectivity index (χ2v) is 10.2. The van der Waals surface area contributed by atoms with Gasteiger partial charge in [0, 0.05) is 56.3 Å². The van der Waals surface area contributed by atoms with Gasteiger partial charge < -0.3 is 5.32 Å². The maximum atomic E-state index is 12.8. The average Bonchev–Trinajstić information content (AvgIpc) is 3.39. The van der Waals surface area contributed by atoms with Gasteiger partial charge in [0.2, 0.25) is 5.95 Å². The van der Waals surface area contributed by atoms with E-state index < -0.39 is 9.84 Å². The first-order chi connectivity index (χ1) is 13.1. The van der Waals surface area contributed by atoms with Gasteiger partial charge in [0.1, 0.15) is 0 Å². The van der Waals surface area contributed by atoms with Crippen LogP contribution >= 0.6 is 0 Å². The van der Waals surface area contributed by atoms with E-state index in [-0.39, 0.29) is 16.9 Å². The number of hydrogen-bond donors (Lipinski definition) is 1. The third kappa shape index (κ3) is 3.43. The molecule has 0 spiro atoms. The topological polar surface area (TPSA) is 88.1 Å². The summed E-state index contributed by atoms with van der Waals surface area (Å²) in [5.41, 5.74) is 2.77. The van der Waals surface area contributed by atoms with Crippen LogP contribution in [0.5, 0.6) is 0 Å². The Bertz CT molecular complexity index is 946. The number of nitrogens with one attached hydrogen (secondary N) is 1. The van der Waals surface area contributed by atoms with Gasteiger partial charge in [0.25, 0.3) is 0 Å². The van der Waals surface area contributed by atoms with Crippen LogP contribution in [0.4, 0.5) is 5.95 Å². The van der Waals surface area contributed by atoms with Crippen LogP contribution in [-0.2, 0) is 22.1 Å². The molecule has 142 valence electrons. The summed E-state index contributed by atoms with van der Waals surface area (Å²) in [4.78, 5) is 15.5. The molecule has 1 N–H and O–H groups in total. The third-order valence-corrected chi connectivity index (χ3v) is 7.90. The highest BCUT2D eigenvalue weighted by Crippen LogP contribution is 2.39. The Balaban J connectivity index is 1.40. The van der Waals surface area contributed by atoms with E-state index in [0.717, 1.165) is 29.3 Å². The maximum Gasteiger partial charge on any atom is 0.222 e. The summed E-state index contributed by atoms with van der Waals surface area (Å²) < 4.78 is 25.6. The second kappa shape index (κ2) is 6.53. The summed E-state index contributed by atoms with van der Waals surface area (Å²) in [6.45, 7) is 2.86. The minimum atomic E-state index is -3.19. The average molecular weight is 385 g/mol. The van der Waals surface area contributed by atoms with Crippen molar-refractivity contribution >= 4 is 15.8 Å². The maximum absolute atomic E-state index is 12.8. The Hall–Kier alpha value is -2.06.